The molecule has 6 heteroatoms. The van der Waals surface area contributed by atoms with E-state index in [0.29, 0.717) is 0 Å². The van der Waals surface area contributed by atoms with E-state index in [0.717, 1.165) is 0 Å². The van der Waals surface area contributed by atoms with Gasteiger partial charge in [0.2, 0.25) is 0 Å². The molecule has 24 valence electrons. The fraction of sp³-hybridized carbons (Fsp3) is 0. The molecule has 0 rings (SSSR count). The van der Waals surface area contributed by atoms with Gasteiger partial charge in [0.05, 0.1) is 0 Å². The molecular formula is KMgO3Si+. The van der Waals surface area contributed by atoms with E-state index in [4.69, 9.17) is 14.1 Å². The van der Waals surface area contributed by atoms with Gasteiger partial charge >= 0.3 is 74.4 Å². The summed E-state index contributed by atoms with van der Waals surface area (Å²) in [5, 5.41) is 0. The second-order valence-electron chi connectivity index (χ2n) is 0.250. The maximum absolute atomic E-state index is 8.52. The molecule has 0 atom stereocenters. The fourth-order valence-corrected chi connectivity index (χ4v) is 0. The van der Waals surface area contributed by atoms with Crippen molar-refractivity contribution in [1.82, 2.24) is 0 Å². The monoisotopic (exact) mass is 139 g/mol. The number of hydrogen-bond acceptors (Lipinski definition) is 3. The molecule has 0 aliphatic heterocycles. The summed E-state index contributed by atoms with van der Waals surface area (Å²) in [4.78, 5) is 17.0. The number of rotatable bonds is 0. The Morgan fingerprint density at radius 1 is 1.33 bits per heavy atom. The van der Waals surface area contributed by atoms with Crippen LogP contribution in [-0.2, 0) is 4.46 Å². The minimum absolute atomic E-state index is 0. The standard InChI is InChI=1S/K.Mg.O3Si/c;;1-4(2)3/q+1;+2;-2. The van der Waals surface area contributed by atoms with Gasteiger partial charge in [-0.15, -0.1) is 0 Å². The first-order chi connectivity index (χ1) is 1.73. The van der Waals surface area contributed by atoms with Crippen molar-refractivity contribution in [3.8, 4) is 0 Å². The van der Waals surface area contributed by atoms with Gasteiger partial charge in [-0.25, -0.2) is 0 Å². The quantitative estimate of drug-likeness (QED) is 0.314. The summed E-state index contributed by atoms with van der Waals surface area (Å²) in [7, 11) is -3.63. The van der Waals surface area contributed by atoms with Crippen LogP contribution in [0.15, 0.2) is 0 Å². The number of hydrogen-bond donors (Lipinski definition) is 0. The molecule has 0 spiro atoms. The molecule has 0 radical (unpaired) electrons. The molecule has 0 amide bonds. The fourth-order valence-electron chi connectivity index (χ4n) is 0. The van der Waals surface area contributed by atoms with Crippen LogP contribution in [0.5, 0.6) is 0 Å². The maximum atomic E-state index is 8.52. The molecule has 0 aliphatic rings. The summed E-state index contributed by atoms with van der Waals surface area (Å²) in [6, 6.07) is 0. The third-order valence-corrected chi connectivity index (χ3v) is 0. The van der Waals surface area contributed by atoms with Gasteiger partial charge in [0, 0.05) is 9.17 Å². The van der Waals surface area contributed by atoms with Crippen molar-refractivity contribution < 1.29 is 65.4 Å². The molecule has 0 saturated carbocycles. The molecule has 0 saturated heterocycles. The van der Waals surface area contributed by atoms with E-state index in [1.54, 1.807) is 0 Å². The van der Waals surface area contributed by atoms with Crippen LogP contribution in [-0.4, -0.2) is 32.2 Å². The Morgan fingerprint density at radius 3 is 1.33 bits per heavy atom. The van der Waals surface area contributed by atoms with Crippen LogP contribution < -0.4 is 61.0 Å². The van der Waals surface area contributed by atoms with Crippen LogP contribution in [0.2, 0.25) is 0 Å². The van der Waals surface area contributed by atoms with Crippen molar-refractivity contribution in [2.24, 2.45) is 0 Å². The van der Waals surface area contributed by atoms with Crippen LogP contribution >= 0.6 is 0 Å². The Hall–Kier alpha value is 2.02. The summed E-state index contributed by atoms with van der Waals surface area (Å²) in [6.45, 7) is 0. The molecular weight excluding hydrogens is 139 g/mol. The normalized spacial score (nSPS) is 4.00. The van der Waals surface area contributed by atoms with E-state index in [2.05, 4.69) is 0 Å². The molecule has 0 aromatic rings. The van der Waals surface area contributed by atoms with Crippen molar-refractivity contribution in [2.75, 3.05) is 0 Å². The first-order valence-corrected chi connectivity index (χ1v) is 1.84. The van der Waals surface area contributed by atoms with Gasteiger partial charge in [-0.05, 0) is 0 Å². The molecule has 0 heterocycles. The van der Waals surface area contributed by atoms with Crippen LogP contribution in [0.4, 0.5) is 0 Å². The Balaban J connectivity index is -0.0000000450. The second kappa shape index (κ2) is 10.1. The van der Waals surface area contributed by atoms with Crippen LogP contribution in [0.25, 0.3) is 0 Å². The first-order valence-electron chi connectivity index (χ1n) is 0.612. The second-order valence-corrected chi connectivity index (χ2v) is 0.750. The molecule has 6 heavy (non-hydrogen) atoms. The van der Waals surface area contributed by atoms with Crippen LogP contribution in [0.3, 0.4) is 0 Å². The predicted molar refractivity (Wildman–Crippen MR) is 12.2 cm³/mol. The molecule has 0 aliphatic carbocycles. The van der Waals surface area contributed by atoms with Crippen molar-refractivity contribution >= 4 is 32.2 Å². The Labute approximate surface area is 95.6 Å². The Bertz CT molecular complexity index is 33.8. The van der Waals surface area contributed by atoms with Crippen molar-refractivity contribution in [1.29, 1.82) is 0 Å². The molecule has 0 bridgehead atoms. The maximum Gasteiger partial charge on any atom is 2.00 e. The summed E-state index contributed by atoms with van der Waals surface area (Å²) in [5.41, 5.74) is 0. The van der Waals surface area contributed by atoms with Gasteiger partial charge in [-0.3, -0.25) is 0 Å². The Morgan fingerprint density at radius 2 is 1.33 bits per heavy atom. The van der Waals surface area contributed by atoms with Crippen molar-refractivity contribution in [3.63, 3.8) is 0 Å². The van der Waals surface area contributed by atoms with E-state index < -0.39 is 9.17 Å². The van der Waals surface area contributed by atoms with Gasteiger partial charge in [0.1, 0.15) is 0 Å². The van der Waals surface area contributed by atoms with E-state index in [1.807, 2.05) is 0 Å². The zero-order valence-corrected chi connectivity index (χ0v) is 8.97. The van der Waals surface area contributed by atoms with Crippen LogP contribution in [0.1, 0.15) is 0 Å². The van der Waals surface area contributed by atoms with E-state index in [9.17, 15) is 0 Å². The Kier molecular flexibility index (Phi) is 26.4. The molecule has 0 N–H and O–H groups in total. The van der Waals surface area contributed by atoms with Gasteiger partial charge in [-0.2, -0.15) is 0 Å². The zero-order valence-electron chi connectivity index (χ0n) is 3.43. The largest absolute Gasteiger partial charge is 2.00 e. The molecule has 3 nitrogen and oxygen atoms in total. The smallest absolute Gasteiger partial charge is 0.672 e. The summed E-state index contributed by atoms with van der Waals surface area (Å²) >= 11 is 0. The average molecular weight is 139 g/mol. The van der Waals surface area contributed by atoms with Gasteiger partial charge in [-0.1, -0.05) is 0 Å². The summed E-state index contributed by atoms with van der Waals surface area (Å²) in [5.74, 6) is 0. The van der Waals surface area contributed by atoms with Gasteiger partial charge < -0.3 is 14.1 Å². The molecule has 0 aromatic carbocycles. The van der Waals surface area contributed by atoms with E-state index in [-0.39, 0.29) is 74.4 Å². The average Bonchev–Trinajstić information content (AvgIpc) is 0.811. The van der Waals surface area contributed by atoms with Gasteiger partial charge in [0.15, 0.2) is 0 Å². The molecule has 0 aromatic heterocycles. The zero-order chi connectivity index (χ0) is 3.58. The first kappa shape index (κ1) is 15.7. The van der Waals surface area contributed by atoms with Crippen molar-refractivity contribution in [2.45, 2.75) is 0 Å². The SMILES string of the molecule is O=[Si]([O-])[O-].[K+].[Mg+2]. The van der Waals surface area contributed by atoms with Crippen molar-refractivity contribution in [3.05, 3.63) is 0 Å². The third-order valence-electron chi connectivity index (χ3n) is 0. The predicted octanol–water partition coefficient (Wildman–Crippen LogP) is -6.25. The minimum atomic E-state index is -3.63. The third kappa shape index (κ3) is 37.2. The molecule has 0 unspecified atom stereocenters. The van der Waals surface area contributed by atoms with E-state index in [1.165, 1.54) is 0 Å². The minimum Gasteiger partial charge on any atom is -0.672 e. The summed E-state index contributed by atoms with van der Waals surface area (Å²) in [6.07, 6.45) is 0. The van der Waals surface area contributed by atoms with E-state index >= 15 is 0 Å². The summed E-state index contributed by atoms with van der Waals surface area (Å²) < 4.78 is 8.52. The van der Waals surface area contributed by atoms with Crippen LogP contribution in [0, 0.1) is 0 Å². The van der Waals surface area contributed by atoms with Gasteiger partial charge in [0.25, 0.3) is 0 Å². The topological polar surface area (TPSA) is 63.2 Å². The molecule has 0 fully saturated rings.